The van der Waals surface area contributed by atoms with E-state index in [2.05, 4.69) is 10.3 Å². The summed E-state index contributed by atoms with van der Waals surface area (Å²) in [6.07, 6.45) is 0. The predicted octanol–water partition coefficient (Wildman–Crippen LogP) is 2.96. The summed E-state index contributed by atoms with van der Waals surface area (Å²) in [6, 6.07) is 7.17. The molecule has 0 aliphatic heterocycles. The third-order valence-corrected chi connectivity index (χ3v) is 3.15. The molecule has 0 bridgehead atoms. The second-order valence-electron chi connectivity index (χ2n) is 4.26. The lowest BCUT2D eigenvalue weighted by molar-refractivity contribution is 0.0947. The zero-order valence-corrected chi connectivity index (χ0v) is 11.6. The van der Waals surface area contributed by atoms with Crippen molar-refractivity contribution in [1.29, 1.82) is 0 Å². The molecule has 4 nitrogen and oxygen atoms in total. The maximum atomic E-state index is 11.9. The van der Waals surface area contributed by atoms with Crippen molar-refractivity contribution in [3.8, 4) is 0 Å². The van der Waals surface area contributed by atoms with Crippen LogP contribution in [0.3, 0.4) is 0 Å². The van der Waals surface area contributed by atoms with E-state index < -0.39 is 0 Å². The van der Waals surface area contributed by atoms with E-state index >= 15 is 0 Å². The summed E-state index contributed by atoms with van der Waals surface area (Å²) in [5.41, 5.74) is 2.42. The fourth-order valence-electron chi connectivity index (χ4n) is 1.62. The van der Waals surface area contributed by atoms with Crippen LogP contribution in [0.15, 0.2) is 28.7 Å². The average Bonchev–Trinajstić information content (AvgIpc) is 2.75. The van der Waals surface area contributed by atoms with E-state index in [1.807, 2.05) is 26.0 Å². The molecule has 19 heavy (non-hydrogen) atoms. The number of hydrogen-bond acceptors (Lipinski definition) is 3. The number of aryl methyl sites for hydroxylation is 2. The number of alkyl halides is 1. The molecule has 0 aliphatic rings. The van der Waals surface area contributed by atoms with Crippen LogP contribution in [-0.2, 0) is 12.4 Å². The number of aromatic nitrogens is 1. The van der Waals surface area contributed by atoms with E-state index in [1.54, 1.807) is 12.1 Å². The Balaban J connectivity index is 1.96. The smallest absolute Gasteiger partial charge is 0.251 e. The summed E-state index contributed by atoms with van der Waals surface area (Å²) in [5.74, 6) is 1.57. The highest BCUT2D eigenvalue weighted by Gasteiger charge is 2.09. The van der Waals surface area contributed by atoms with Crippen molar-refractivity contribution >= 4 is 17.5 Å². The highest BCUT2D eigenvalue weighted by Crippen LogP contribution is 2.09. The van der Waals surface area contributed by atoms with Gasteiger partial charge in [-0.15, -0.1) is 11.6 Å². The number of amides is 1. The maximum absolute atomic E-state index is 11.9. The van der Waals surface area contributed by atoms with Gasteiger partial charge in [-0.1, -0.05) is 12.1 Å². The molecule has 1 N–H and O–H groups in total. The van der Waals surface area contributed by atoms with Crippen LogP contribution in [0.5, 0.6) is 0 Å². The summed E-state index contributed by atoms with van der Waals surface area (Å²) < 4.78 is 5.39. The number of rotatable bonds is 4. The van der Waals surface area contributed by atoms with Gasteiger partial charge < -0.3 is 9.73 Å². The highest BCUT2D eigenvalue weighted by molar-refractivity contribution is 6.17. The normalized spacial score (nSPS) is 10.5. The first kappa shape index (κ1) is 13.6. The van der Waals surface area contributed by atoms with E-state index in [-0.39, 0.29) is 12.5 Å². The number of carbonyl (C=O) groups is 1. The quantitative estimate of drug-likeness (QED) is 0.875. The largest absolute Gasteiger partial charge is 0.444 e. The lowest BCUT2D eigenvalue weighted by Crippen LogP contribution is -2.22. The summed E-state index contributed by atoms with van der Waals surface area (Å²) in [6.45, 7) is 4.00. The topological polar surface area (TPSA) is 55.1 Å². The molecule has 2 aromatic rings. The third-order valence-electron chi connectivity index (χ3n) is 2.84. The number of benzene rings is 1. The van der Waals surface area contributed by atoms with Gasteiger partial charge in [0.15, 0.2) is 0 Å². The van der Waals surface area contributed by atoms with Crippen LogP contribution in [0.4, 0.5) is 0 Å². The second kappa shape index (κ2) is 5.89. The molecule has 0 fully saturated rings. The number of halogens is 1. The number of hydrogen-bond donors (Lipinski definition) is 1. The van der Waals surface area contributed by atoms with E-state index in [0.29, 0.717) is 17.3 Å². The Hall–Kier alpha value is -1.81. The fraction of sp³-hybridized carbons (Fsp3) is 0.286. The summed E-state index contributed by atoms with van der Waals surface area (Å²) in [7, 11) is 0. The number of nitrogens with one attached hydrogen (secondary N) is 1. The summed E-state index contributed by atoms with van der Waals surface area (Å²) in [4.78, 5) is 16.1. The van der Waals surface area contributed by atoms with Gasteiger partial charge >= 0.3 is 0 Å². The first-order valence-electron chi connectivity index (χ1n) is 5.96. The molecule has 0 radical (unpaired) electrons. The molecule has 1 aromatic heterocycles. The van der Waals surface area contributed by atoms with Crippen LogP contribution >= 0.6 is 11.6 Å². The van der Waals surface area contributed by atoms with Crippen molar-refractivity contribution in [3.63, 3.8) is 0 Å². The Morgan fingerprint density at radius 1 is 1.32 bits per heavy atom. The van der Waals surface area contributed by atoms with Crippen molar-refractivity contribution in [1.82, 2.24) is 10.3 Å². The van der Waals surface area contributed by atoms with Crippen molar-refractivity contribution in [2.45, 2.75) is 26.3 Å². The number of carbonyl (C=O) groups excluding carboxylic acids is 1. The minimum Gasteiger partial charge on any atom is -0.444 e. The average molecular weight is 279 g/mol. The molecule has 100 valence electrons. The first-order chi connectivity index (χ1) is 9.10. The van der Waals surface area contributed by atoms with Gasteiger partial charge in [0.05, 0.1) is 12.2 Å². The van der Waals surface area contributed by atoms with Gasteiger partial charge in [-0.3, -0.25) is 4.79 Å². The molecule has 5 heteroatoms. The van der Waals surface area contributed by atoms with E-state index in [4.69, 9.17) is 16.0 Å². The first-order valence-corrected chi connectivity index (χ1v) is 6.49. The van der Waals surface area contributed by atoms with Gasteiger partial charge in [-0.25, -0.2) is 4.98 Å². The molecule has 1 aromatic carbocycles. The lowest BCUT2D eigenvalue weighted by Gasteiger charge is -2.03. The van der Waals surface area contributed by atoms with Crippen molar-refractivity contribution in [3.05, 3.63) is 52.7 Å². The predicted molar refractivity (Wildman–Crippen MR) is 73.1 cm³/mol. The molecule has 0 spiro atoms. The Morgan fingerprint density at radius 3 is 2.53 bits per heavy atom. The Bertz CT molecular complexity index is 556. The molecule has 1 heterocycles. The Kier molecular flexibility index (Phi) is 4.22. The van der Waals surface area contributed by atoms with Crippen LogP contribution in [0.2, 0.25) is 0 Å². The van der Waals surface area contributed by atoms with Gasteiger partial charge in [0.2, 0.25) is 5.89 Å². The zero-order valence-electron chi connectivity index (χ0n) is 10.9. The third kappa shape index (κ3) is 3.35. The van der Waals surface area contributed by atoms with Gasteiger partial charge in [0.25, 0.3) is 5.91 Å². The molecule has 0 unspecified atom stereocenters. The Labute approximate surface area is 116 Å². The van der Waals surface area contributed by atoms with Gasteiger partial charge in [0.1, 0.15) is 5.76 Å². The monoisotopic (exact) mass is 278 g/mol. The molecule has 0 saturated heterocycles. The van der Waals surface area contributed by atoms with Crippen LogP contribution in [-0.4, -0.2) is 10.9 Å². The van der Waals surface area contributed by atoms with Crippen molar-refractivity contribution in [2.75, 3.05) is 0 Å². The molecular weight excluding hydrogens is 264 g/mol. The zero-order chi connectivity index (χ0) is 13.8. The highest BCUT2D eigenvalue weighted by atomic mass is 35.5. The van der Waals surface area contributed by atoms with Gasteiger partial charge in [0, 0.05) is 11.4 Å². The minimum absolute atomic E-state index is 0.158. The maximum Gasteiger partial charge on any atom is 0.251 e. The van der Waals surface area contributed by atoms with E-state index in [1.165, 1.54) is 0 Å². The Morgan fingerprint density at radius 2 is 2.00 bits per heavy atom. The summed E-state index contributed by atoms with van der Waals surface area (Å²) in [5, 5.41) is 2.77. The van der Waals surface area contributed by atoms with Gasteiger partial charge in [-0.2, -0.15) is 0 Å². The molecule has 0 aliphatic carbocycles. The van der Waals surface area contributed by atoms with Crippen molar-refractivity contribution < 1.29 is 9.21 Å². The van der Waals surface area contributed by atoms with E-state index in [0.717, 1.165) is 17.0 Å². The molecule has 0 atom stereocenters. The number of oxazole rings is 1. The summed E-state index contributed by atoms with van der Waals surface area (Å²) >= 11 is 5.70. The molecular formula is C14H15ClN2O2. The van der Waals surface area contributed by atoms with E-state index in [9.17, 15) is 4.79 Å². The molecule has 2 rings (SSSR count). The molecule has 1 amide bonds. The van der Waals surface area contributed by atoms with Crippen LogP contribution in [0.1, 0.15) is 33.3 Å². The van der Waals surface area contributed by atoms with Crippen LogP contribution in [0, 0.1) is 13.8 Å². The van der Waals surface area contributed by atoms with Crippen LogP contribution in [0.25, 0.3) is 0 Å². The molecule has 0 saturated carbocycles. The fourth-order valence-corrected chi connectivity index (χ4v) is 1.80. The second-order valence-corrected chi connectivity index (χ2v) is 4.53. The standard InChI is InChI=1S/C14H15ClN2O2/c1-9-10(2)19-13(17-9)8-16-14(18)12-5-3-11(7-15)4-6-12/h3-6H,7-8H2,1-2H3,(H,16,18). The van der Waals surface area contributed by atoms with Crippen molar-refractivity contribution in [2.24, 2.45) is 0 Å². The minimum atomic E-state index is -0.158. The number of nitrogens with zero attached hydrogens (tertiary/aromatic N) is 1. The van der Waals surface area contributed by atoms with Crippen LogP contribution < -0.4 is 5.32 Å². The lowest BCUT2D eigenvalue weighted by atomic mass is 10.1. The SMILES string of the molecule is Cc1nc(CNC(=O)c2ccc(CCl)cc2)oc1C. The van der Waals surface area contributed by atoms with Gasteiger partial charge in [-0.05, 0) is 31.5 Å².